The van der Waals surface area contributed by atoms with Gasteiger partial charge in [-0.05, 0) is 16.0 Å². The summed E-state index contributed by atoms with van der Waals surface area (Å²) in [6, 6.07) is 3.23. The second kappa shape index (κ2) is 3.92. The van der Waals surface area contributed by atoms with Crippen molar-refractivity contribution >= 4 is 11.6 Å². The van der Waals surface area contributed by atoms with Gasteiger partial charge in [0, 0.05) is 12.1 Å². The van der Waals surface area contributed by atoms with Crippen molar-refractivity contribution < 1.29 is 22.4 Å². The Labute approximate surface area is 97.2 Å². The van der Waals surface area contributed by atoms with Crippen LogP contribution in [-0.4, -0.2) is 5.27 Å². The third-order valence-corrected chi connectivity index (χ3v) is 2.34. The summed E-state index contributed by atoms with van der Waals surface area (Å²) >= 11 is 5.45. The average molecular weight is 266 g/mol. The van der Waals surface area contributed by atoms with E-state index in [9.17, 15) is 18.0 Å². The summed E-state index contributed by atoms with van der Waals surface area (Å²) in [6.07, 6.45) is -3.58. The first-order valence-electron chi connectivity index (χ1n) is 4.35. The second-order valence-electron chi connectivity index (χ2n) is 3.17. The van der Waals surface area contributed by atoms with Crippen molar-refractivity contribution in [1.82, 2.24) is 5.27 Å². The molecule has 0 bridgehead atoms. The monoisotopic (exact) mass is 265 g/mol. The van der Waals surface area contributed by atoms with Crippen LogP contribution in [0.3, 0.4) is 0 Å². The topological polar surface area (TPSA) is 49.9 Å². The van der Waals surface area contributed by atoms with E-state index in [1.807, 2.05) is 0 Å². The zero-order valence-electron chi connectivity index (χ0n) is 8.08. The maximum absolute atomic E-state index is 12.6. The Hall–Kier alpha value is -1.76. The lowest BCUT2D eigenvalue weighted by atomic mass is 10.2. The van der Waals surface area contributed by atoms with Crippen LogP contribution < -0.4 is 10.3 Å². The van der Waals surface area contributed by atoms with Gasteiger partial charge >= 0.3 is 11.8 Å². The molecule has 0 saturated carbocycles. The van der Waals surface area contributed by atoms with Crippen molar-refractivity contribution in [3.63, 3.8) is 0 Å². The minimum absolute atomic E-state index is 0.0903. The fourth-order valence-electron chi connectivity index (χ4n) is 1.26. The van der Waals surface area contributed by atoms with Crippen molar-refractivity contribution in [3.8, 4) is 5.69 Å². The Balaban J connectivity index is 2.55. The van der Waals surface area contributed by atoms with Crippen LogP contribution in [0.5, 0.6) is 0 Å². The van der Waals surface area contributed by atoms with Crippen molar-refractivity contribution in [2.45, 2.75) is 6.18 Å². The van der Waals surface area contributed by atoms with Crippen molar-refractivity contribution in [2.75, 3.05) is 0 Å². The van der Waals surface area contributed by atoms with E-state index in [1.54, 1.807) is 0 Å². The van der Waals surface area contributed by atoms with Gasteiger partial charge in [0.25, 0.3) is 6.20 Å². The highest BCUT2D eigenvalue weighted by molar-refractivity contribution is 6.31. The molecule has 8 heteroatoms. The number of nitrogens with one attached hydrogen (secondary N) is 1. The SMILES string of the molecule is O=c1c[n+](-c2ccc(Cl)c(C(F)(F)F)c2)[nH]o1. The molecule has 2 aromatic rings. The number of H-pyrrole nitrogens is 1. The van der Waals surface area contributed by atoms with Crippen LogP contribution in [0.2, 0.25) is 5.02 Å². The number of rotatable bonds is 1. The third kappa shape index (κ3) is 2.33. The fraction of sp³-hybridized carbons (Fsp3) is 0.111. The number of hydrogen-bond donors (Lipinski definition) is 1. The minimum atomic E-state index is -4.56. The lowest BCUT2D eigenvalue weighted by molar-refractivity contribution is -0.670. The van der Waals surface area contributed by atoms with Crippen LogP contribution >= 0.6 is 11.6 Å². The van der Waals surface area contributed by atoms with Crippen molar-refractivity contribution in [1.29, 1.82) is 0 Å². The number of aromatic nitrogens is 2. The molecule has 2 rings (SSSR count). The van der Waals surface area contributed by atoms with Gasteiger partial charge in [-0.2, -0.15) is 13.2 Å². The summed E-state index contributed by atoms with van der Waals surface area (Å²) in [5.41, 5.74) is -1.59. The largest absolute Gasteiger partial charge is 0.427 e. The minimum Gasteiger partial charge on any atom is -0.283 e. The molecule has 0 spiro atoms. The first-order chi connectivity index (χ1) is 7.88. The normalized spacial score (nSPS) is 11.8. The molecule has 0 unspecified atom stereocenters. The molecular formula is C9H5ClF3N2O2+. The van der Waals surface area contributed by atoms with E-state index in [-0.39, 0.29) is 5.69 Å². The lowest BCUT2D eigenvalue weighted by Gasteiger charge is -2.07. The van der Waals surface area contributed by atoms with Gasteiger partial charge in [-0.1, -0.05) is 11.6 Å². The van der Waals surface area contributed by atoms with Crippen LogP contribution in [0, 0.1) is 0 Å². The number of hydrogen-bond acceptors (Lipinski definition) is 2. The van der Waals surface area contributed by atoms with Gasteiger partial charge in [0.1, 0.15) is 0 Å². The van der Waals surface area contributed by atoms with Crippen LogP contribution in [-0.2, 0) is 6.18 Å². The molecule has 0 aliphatic carbocycles. The van der Waals surface area contributed by atoms with E-state index < -0.39 is 22.4 Å². The molecule has 1 aromatic carbocycles. The van der Waals surface area contributed by atoms with E-state index in [4.69, 9.17) is 11.6 Å². The smallest absolute Gasteiger partial charge is 0.283 e. The molecule has 1 N–H and O–H groups in total. The zero-order valence-corrected chi connectivity index (χ0v) is 8.84. The molecule has 90 valence electrons. The summed E-state index contributed by atoms with van der Waals surface area (Å²) in [6.45, 7) is 0. The predicted octanol–water partition coefficient (Wildman–Crippen LogP) is 1.92. The summed E-state index contributed by atoms with van der Waals surface area (Å²) in [4.78, 5) is 10.7. The number of benzene rings is 1. The van der Waals surface area contributed by atoms with Crippen molar-refractivity contribution in [2.24, 2.45) is 0 Å². The van der Waals surface area contributed by atoms with E-state index in [2.05, 4.69) is 9.79 Å². The molecule has 0 amide bonds. The fourth-order valence-corrected chi connectivity index (χ4v) is 1.48. The number of nitrogens with zero attached hydrogens (tertiary/aromatic N) is 1. The molecule has 0 radical (unpaired) electrons. The maximum Gasteiger partial charge on any atom is 0.427 e. The van der Waals surface area contributed by atoms with Gasteiger partial charge in [-0.25, -0.2) is 4.79 Å². The summed E-state index contributed by atoms with van der Waals surface area (Å²) in [7, 11) is 0. The van der Waals surface area contributed by atoms with Gasteiger partial charge in [0.15, 0.2) is 0 Å². The first kappa shape index (κ1) is 11.7. The predicted molar refractivity (Wildman–Crippen MR) is 50.9 cm³/mol. The van der Waals surface area contributed by atoms with Crippen LogP contribution in [0.15, 0.2) is 33.7 Å². The highest BCUT2D eigenvalue weighted by Gasteiger charge is 2.34. The molecule has 17 heavy (non-hydrogen) atoms. The van der Waals surface area contributed by atoms with Gasteiger partial charge in [-0.3, -0.25) is 4.52 Å². The summed E-state index contributed by atoms with van der Waals surface area (Å²) in [5, 5.41) is 1.73. The van der Waals surface area contributed by atoms with E-state index in [0.717, 1.165) is 23.0 Å². The summed E-state index contributed by atoms with van der Waals surface area (Å²) < 4.78 is 43.0. The molecule has 1 heterocycles. The average Bonchev–Trinajstić information content (AvgIpc) is 2.64. The highest BCUT2D eigenvalue weighted by atomic mass is 35.5. The van der Waals surface area contributed by atoms with Crippen LogP contribution in [0.4, 0.5) is 13.2 Å². The standard InChI is InChI=1S/C9H4ClF3N2O2/c10-7-2-1-5(3-6(7)9(11,12)13)15-4-8(16)17-14-15/h1-4H/p+1. The lowest BCUT2D eigenvalue weighted by Crippen LogP contribution is -2.32. The molecule has 0 fully saturated rings. The molecule has 1 aromatic heterocycles. The Morgan fingerprint density at radius 1 is 1.35 bits per heavy atom. The number of aromatic amines is 1. The maximum atomic E-state index is 12.6. The van der Waals surface area contributed by atoms with Gasteiger partial charge in [-0.15, -0.1) is 0 Å². The molecular weight excluding hydrogens is 261 g/mol. The van der Waals surface area contributed by atoms with Crippen LogP contribution in [0.25, 0.3) is 5.69 Å². The quantitative estimate of drug-likeness (QED) is 0.801. The summed E-state index contributed by atoms with van der Waals surface area (Å²) in [5.74, 6) is 0. The van der Waals surface area contributed by atoms with E-state index >= 15 is 0 Å². The van der Waals surface area contributed by atoms with Crippen LogP contribution in [0.1, 0.15) is 5.56 Å². The second-order valence-corrected chi connectivity index (χ2v) is 3.58. The third-order valence-electron chi connectivity index (χ3n) is 2.01. The van der Waals surface area contributed by atoms with Gasteiger partial charge in [0.2, 0.25) is 5.69 Å². The Morgan fingerprint density at radius 2 is 2.06 bits per heavy atom. The Morgan fingerprint density at radius 3 is 2.59 bits per heavy atom. The first-order valence-corrected chi connectivity index (χ1v) is 4.73. The Bertz CT molecular complexity index is 603. The zero-order chi connectivity index (χ0) is 12.6. The van der Waals surface area contributed by atoms with Crippen molar-refractivity contribution in [3.05, 3.63) is 45.4 Å². The van der Waals surface area contributed by atoms with E-state index in [1.165, 1.54) is 6.07 Å². The highest BCUT2D eigenvalue weighted by Crippen LogP contribution is 2.34. The van der Waals surface area contributed by atoms with Gasteiger partial charge < -0.3 is 0 Å². The van der Waals surface area contributed by atoms with Gasteiger partial charge in [0.05, 0.1) is 10.6 Å². The molecule has 0 aliphatic heterocycles. The Kier molecular flexibility index (Phi) is 2.70. The molecule has 4 nitrogen and oxygen atoms in total. The number of alkyl halides is 3. The number of halogens is 4. The molecule has 0 atom stereocenters. The molecule has 0 saturated heterocycles. The molecule has 0 aliphatic rings. The van der Waals surface area contributed by atoms with E-state index in [0.29, 0.717) is 0 Å².